The van der Waals surface area contributed by atoms with Crippen LogP contribution in [0.2, 0.25) is 0 Å². The molecule has 1 unspecified atom stereocenters. The number of amides is 1. The zero-order valence-corrected chi connectivity index (χ0v) is 18.3. The van der Waals surface area contributed by atoms with Crippen LogP contribution in [-0.2, 0) is 11.3 Å². The summed E-state index contributed by atoms with van der Waals surface area (Å²) in [5, 5.41) is 23.3. The van der Waals surface area contributed by atoms with Crippen LogP contribution in [-0.4, -0.2) is 37.3 Å². The van der Waals surface area contributed by atoms with Crippen molar-refractivity contribution in [2.45, 2.75) is 52.2 Å². The number of nitrogens with zero attached hydrogens (tertiary/aromatic N) is 3. The van der Waals surface area contributed by atoms with E-state index in [1.807, 2.05) is 19.9 Å². The fraction of sp³-hybridized carbons (Fsp3) is 0.417. The molecular weight excluding hydrogens is 408 g/mol. The summed E-state index contributed by atoms with van der Waals surface area (Å²) >= 11 is 0. The Hall–Kier alpha value is -3.10. The fourth-order valence-corrected chi connectivity index (χ4v) is 3.89. The van der Waals surface area contributed by atoms with E-state index in [-0.39, 0.29) is 30.5 Å². The second-order valence-corrected chi connectivity index (χ2v) is 8.36. The van der Waals surface area contributed by atoms with E-state index in [9.17, 15) is 19.8 Å². The summed E-state index contributed by atoms with van der Waals surface area (Å²) < 4.78 is 1.50. The van der Waals surface area contributed by atoms with Gasteiger partial charge in [0.15, 0.2) is 0 Å². The van der Waals surface area contributed by atoms with Crippen molar-refractivity contribution in [2.24, 2.45) is 5.92 Å². The van der Waals surface area contributed by atoms with E-state index in [0.29, 0.717) is 40.0 Å². The highest BCUT2D eigenvalue weighted by Gasteiger charge is 2.29. The molecule has 0 spiro atoms. The largest absolute Gasteiger partial charge is 0.395 e. The van der Waals surface area contributed by atoms with Gasteiger partial charge in [-0.25, -0.2) is 4.98 Å². The second kappa shape index (κ2) is 9.18. The van der Waals surface area contributed by atoms with Gasteiger partial charge < -0.3 is 20.1 Å². The van der Waals surface area contributed by atoms with E-state index in [1.54, 1.807) is 24.5 Å². The molecule has 3 heterocycles. The van der Waals surface area contributed by atoms with Crippen molar-refractivity contribution >= 4 is 22.6 Å². The van der Waals surface area contributed by atoms with Gasteiger partial charge in [-0.05, 0) is 43.9 Å². The number of anilines is 1. The molecule has 0 aromatic carbocycles. The van der Waals surface area contributed by atoms with E-state index >= 15 is 0 Å². The highest BCUT2D eigenvalue weighted by molar-refractivity contribution is 5.95. The van der Waals surface area contributed by atoms with E-state index < -0.39 is 6.10 Å². The molecule has 1 aliphatic carbocycles. The molecule has 1 fully saturated rings. The molecule has 8 nitrogen and oxygen atoms in total. The Balaban J connectivity index is 1.78. The molecule has 1 aliphatic rings. The first-order valence-electron chi connectivity index (χ1n) is 11.0. The number of carbonyl (C=O) groups excluding carboxylic acids is 1. The molecular formula is C24H28N4O4. The summed E-state index contributed by atoms with van der Waals surface area (Å²) in [6.45, 7) is 3.79. The number of fused-ring (bicyclic) bond motifs is 1. The number of pyridine rings is 3. The molecule has 1 saturated carbocycles. The SMILES string of the molecule is CCCC(O)c1cc(C)c(-c2cc3cnc(NC(=O)C4CC4)cc3n(CCO)c2=O)cn1. The summed E-state index contributed by atoms with van der Waals surface area (Å²) in [5.41, 5.74) is 2.87. The van der Waals surface area contributed by atoms with E-state index in [0.717, 1.165) is 24.8 Å². The Morgan fingerprint density at radius 2 is 2.00 bits per heavy atom. The van der Waals surface area contributed by atoms with Gasteiger partial charge in [-0.15, -0.1) is 0 Å². The average Bonchev–Trinajstić information content (AvgIpc) is 3.62. The van der Waals surface area contributed by atoms with Gasteiger partial charge >= 0.3 is 0 Å². The molecule has 3 N–H and O–H groups in total. The number of aliphatic hydroxyl groups is 2. The number of carbonyl (C=O) groups is 1. The quantitative estimate of drug-likeness (QED) is 0.500. The third-order valence-electron chi connectivity index (χ3n) is 5.83. The van der Waals surface area contributed by atoms with Crippen LogP contribution >= 0.6 is 0 Å². The molecule has 168 valence electrons. The highest BCUT2D eigenvalue weighted by Crippen LogP contribution is 2.31. The minimum Gasteiger partial charge on any atom is -0.395 e. The van der Waals surface area contributed by atoms with Crippen molar-refractivity contribution in [1.82, 2.24) is 14.5 Å². The van der Waals surface area contributed by atoms with Crippen molar-refractivity contribution in [3.63, 3.8) is 0 Å². The molecule has 3 aromatic rings. The van der Waals surface area contributed by atoms with Crippen LogP contribution in [0.3, 0.4) is 0 Å². The minimum atomic E-state index is -0.635. The van der Waals surface area contributed by atoms with Crippen LogP contribution in [0, 0.1) is 12.8 Å². The van der Waals surface area contributed by atoms with Crippen LogP contribution in [0.5, 0.6) is 0 Å². The minimum absolute atomic E-state index is 0.0452. The molecule has 32 heavy (non-hydrogen) atoms. The lowest BCUT2D eigenvalue weighted by Gasteiger charge is -2.15. The van der Waals surface area contributed by atoms with Crippen LogP contribution in [0.4, 0.5) is 5.82 Å². The number of hydrogen-bond acceptors (Lipinski definition) is 6. The first-order valence-corrected chi connectivity index (χ1v) is 11.0. The second-order valence-electron chi connectivity index (χ2n) is 8.36. The van der Waals surface area contributed by atoms with Gasteiger partial charge in [0.2, 0.25) is 5.91 Å². The summed E-state index contributed by atoms with van der Waals surface area (Å²) in [6.07, 6.45) is 5.85. The smallest absolute Gasteiger partial charge is 0.259 e. The molecule has 0 aliphatic heterocycles. The van der Waals surface area contributed by atoms with Crippen molar-refractivity contribution in [3.05, 3.63) is 52.2 Å². The zero-order chi connectivity index (χ0) is 22.8. The topological polar surface area (TPSA) is 117 Å². The summed E-state index contributed by atoms with van der Waals surface area (Å²) in [6, 6.07) is 5.24. The van der Waals surface area contributed by atoms with Gasteiger partial charge in [-0.2, -0.15) is 0 Å². The lowest BCUT2D eigenvalue weighted by Crippen LogP contribution is -2.24. The molecule has 8 heteroatoms. The van der Waals surface area contributed by atoms with Crippen molar-refractivity contribution in [3.8, 4) is 11.1 Å². The Kier molecular flexibility index (Phi) is 6.34. The standard InChI is InChI=1S/C24H28N4O4/c1-3-4-21(30)19-9-14(2)18(13-25-19)17-10-16-12-26-22(27-23(31)15-5-6-15)11-20(16)28(7-8-29)24(17)32/h9-13,15,21,29-30H,3-8H2,1-2H3,(H,26,27,31). The van der Waals surface area contributed by atoms with E-state index in [1.165, 1.54) is 4.57 Å². The first-order chi connectivity index (χ1) is 15.4. The predicted octanol–water partition coefficient (Wildman–Crippen LogP) is 2.94. The van der Waals surface area contributed by atoms with Gasteiger partial charge in [0.1, 0.15) is 5.82 Å². The molecule has 1 amide bonds. The Labute approximate surface area is 186 Å². The van der Waals surface area contributed by atoms with E-state index in [4.69, 9.17) is 0 Å². The summed E-state index contributed by atoms with van der Waals surface area (Å²) in [4.78, 5) is 34.2. The molecule has 0 saturated heterocycles. The third kappa shape index (κ3) is 4.42. The number of nitrogens with one attached hydrogen (secondary N) is 1. The number of aromatic nitrogens is 3. The van der Waals surface area contributed by atoms with Gasteiger partial charge in [0, 0.05) is 47.4 Å². The maximum Gasteiger partial charge on any atom is 0.259 e. The van der Waals surface area contributed by atoms with Crippen LogP contribution in [0.1, 0.15) is 50.0 Å². The van der Waals surface area contributed by atoms with Crippen molar-refractivity contribution in [1.29, 1.82) is 0 Å². The van der Waals surface area contributed by atoms with Gasteiger partial charge in [-0.3, -0.25) is 14.6 Å². The van der Waals surface area contributed by atoms with Crippen LogP contribution in [0.25, 0.3) is 22.0 Å². The van der Waals surface area contributed by atoms with E-state index in [2.05, 4.69) is 15.3 Å². The number of aliphatic hydroxyl groups excluding tert-OH is 2. The van der Waals surface area contributed by atoms with Crippen LogP contribution in [0.15, 0.2) is 35.4 Å². The van der Waals surface area contributed by atoms with Gasteiger partial charge in [0.25, 0.3) is 5.56 Å². The van der Waals surface area contributed by atoms with Crippen LogP contribution < -0.4 is 10.9 Å². The lowest BCUT2D eigenvalue weighted by molar-refractivity contribution is -0.117. The number of rotatable bonds is 8. The Morgan fingerprint density at radius 3 is 2.66 bits per heavy atom. The maximum atomic E-state index is 13.4. The Morgan fingerprint density at radius 1 is 1.22 bits per heavy atom. The van der Waals surface area contributed by atoms with Crippen molar-refractivity contribution < 1.29 is 15.0 Å². The normalized spacial score (nSPS) is 14.5. The molecule has 4 rings (SSSR count). The summed E-state index contributed by atoms with van der Waals surface area (Å²) in [5.74, 6) is 0.376. The maximum absolute atomic E-state index is 13.4. The lowest BCUT2D eigenvalue weighted by atomic mass is 10.00. The first kappa shape index (κ1) is 22.1. The zero-order valence-electron chi connectivity index (χ0n) is 18.3. The predicted molar refractivity (Wildman–Crippen MR) is 122 cm³/mol. The number of aryl methyl sites for hydroxylation is 1. The van der Waals surface area contributed by atoms with Crippen molar-refractivity contribution in [2.75, 3.05) is 11.9 Å². The van der Waals surface area contributed by atoms with Gasteiger partial charge in [-0.1, -0.05) is 13.3 Å². The van der Waals surface area contributed by atoms with Gasteiger partial charge in [0.05, 0.1) is 23.9 Å². The Bertz CT molecular complexity index is 1220. The highest BCUT2D eigenvalue weighted by atomic mass is 16.3. The summed E-state index contributed by atoms with van der Waals surface area (Å²) in [7, 11) is 0. The molecule has 3 aromatic heterocycles. The number of hydrogen-bond donors (Lipinski definition) is 3. The molecule has 0 radical (unpaired) electrons. The third-order valence-corrected chi connectivity index (χ3v) is 5.83. The average molecular weight is 437 g/mol. The molecule has 0 bridgehead atoms. The fourth-order valence-electron chi connectivity index (χ4n) is 3.89. The monoisotopic (exact) mass is 436 g/mol. The molecule has 1 atom stereocenters.